The predicted octanol–water partition coefficient (Wildman–Crippen LogP) is 2.66. The van der Waals surface area contributed by atoms with Crippen LogP contribution in [0.25, 0.3) is 0 Å². The van der Waals surface area contributed by atoms with Gasteiger partial charge >= 0.3 is 0 Å². The Balaban J connectivity index is 2.03. The minimum absolute atomic E-state index is 0.156. The highest BCUT2D eigenvalue weighted by Crippen LogP contribution is 2.22. The summed E-state index contributed by atoms with van der Waals surface area (Å²) in [5, 5.41) is 13.8. The minimum atomic E-state index is -0.231. The van der Waals surface area contributed by atoms with Gasteiger partial charge < -0.3 is 15.2 Å². The van der Waals surface area contributed by atoms with Crippen LogP contribution in [0, 0.1) is 0 Å². The van der Waals surface area contributed by atoms with E-state index >= 15 is 0 Å². The SMILES string of the molecule is COCC(NC1CCCCCC1O)c1ccccc1. The summed E-state index contributed by atoms with van der Waals surface area (Å²) in [4.78, 5) is 0. The Morgan fingerprint density at radius 2 is 1.95 bits per heavy atom. The summed E-state index contributed by atoms with van der Waals surface area (Å²) in [6.45, 7) is 0.632. The number of rotatable bonds is 5. The van der Waals surface area contributed by atoms with Gasteiger partial charge in [-0.25, -0.2) is 0 Å². The van der Waals surface area contributed by atoms with Gasteiger partial charge in [-0.3, -0.25) is 0 Å². The molecule has 106 valence electrons. The Kier molecular flexibility index (Phi) is 5.83. The number of ether oxygens (including phenoxy) is 1. The third kappa shape index (κ3) is 4.30. The molecule has 2 N–H and O–H groups in total. The lowest BCUT2D eigenvalue weighted by Crippen LogP contribution is -2.42. The van der Waals surface area contributed by atoms with Gasteiger partial charge in [0, 0.05) is 13.2 Å². The van der Waals surface area contributed by atoms with E-state index in [1.54, 1.807) is 7.11 Å². The molecule has 3 heteroatoms. The maximum absolute atomic E-state index is 10.2. The Morgan fingerprint density at radius 3 is 2.68 bits per heavy atom. The van der Waals surface area contributed by atoms with Crippen molar-refractivity contribution < 1.29 is 9.84 Å². The molecule has 3 unspecified atom stereocenters. The minimum Gasteiger partial charge on any atom is -0.392 e. The van der Waals surface area contributed by atoms with Crippen LogP contribution < -0.4 is 5.32 Å². The molecule has 0 aliphatic heterocycles. The first-order valence-electron chi connectivity index (χ1n) is 7.29. The van der Waals surface area contributed by atoms with E-state index in [-0.39, 0.29) is 18.2 Å². The molecule has 2 rings (SSSR count). The van der Waals surface area contributed by atoms with Gasteiger partial charge in [0.1, 0.15) is 0 Å². The molecule has 0 spiro atoms. The number of aliphatic hydroxyl groups excluding tert-OH is 1. The van der Waals surface area contributed by atoms with Crippen LogP contribution in [0.5, 0.6) is 0 Å². The highest BCUT2D eigenvalue weighted by Gasteiger charge is 2.24. The second-order valence-corrected chi connectivity index (χ2v) is 5.40. The molecule has 1 fully saturated rings. The van der Waals surface area contributed by atoms with Crippen molar-refractivity contribution in [2.75, 3.05) is 13.7 Å². The first-order valence-corrected chi connectivity index (χ1v) is 7.29. The van der Waals surface area contributed by atoms with Crippen LogP contribution >= 0.6 is 0 Å². The fourth-order valence-electron chi connectivity index (χ4n) is 2.83. The van der Waals surface area contributed by atoms with Gasteiger partial charge in [0.25, 0.3) is 0 Å². The topological polar surface area (TPSA) is 41.5 Å². The van der Waals surface area contributed by atoms with Crippen molar-refractivity contribution in [1.82, 2.24) is 5.32 Å². The monoisotopic (exact) mass is 263 g/mol. The lowest BCUT2D eigenvalue weighted by atomic mass is 10.0. The molecule has 0 amide bonds. The quantitative estimate of drug-likeness (QED) is 0.803. The van der Waals surface area contributed by atoms with E-state index in [0.29, 0.717) is 6.61 Å². The van der Waals surface area contributed by atoms with Crippen molar-refractivity contribution in [3.8, 4) is 0 Å². The summed E-state index contributed by atoms with van der Waals surface area (Å²) in [5.41, 5.74) is 1.22. The first kappa shape index (κ1) is 14.5. The number of aliphatic hydroxyl groups is 1. The average Bonchev–Trinajstić information content (AvgIpc) is 2.64. The van der Waals surface area contributed by atoms with Crippen LogP contribution in [-0.2, 0) is 4.74 Å². The van der Waals surface area contributed by atoms with Gasteiger partial charge in [-0.15, -0.1) is 0 Å². The molecule has 1 aromatic carbocycles. The molecule has 3 nitrogen and oxygen atoms in total. The lowest BCUT2D eigenvalue weighted by Gasteiger charge is -2.28. The van der Waals surface area contributed by atoms with Crippen molar-refractivity contribution >= 4 is 0 Å². The van der Waals surface area contributed by atoms with Gasteiger partial charge in [0.15, 0.2) is 0 Å². The fraction of sp³-hybridized carbons (Fsp3) is 0.625. The summed E-state index contributed by atoms with van der Waals surface area (Å²) in [7, 11) is 1.72. The molecule has 1 aliphatic carbocycles. The summed E-state index contributed by atoms with van der Waals surface area (Å²) in [6, 6.07) is 10.7. The van der Waals surface area contributed by atoms with E-state index < -0.39 is 0 Å². The number of methoxy groups -OCH3 is 1. The molecular weight excluding hydrogens is 238 g/mol. The van der Waals surface area contributed by atoms with Crippen molar-refractivity contribution in [1.29, 1.82) is 0 Å². The Hall–Kier alpha value is -0.900. The zero-order valence-corrected chi connectivity index (χ0v) is 11.7. The molecule has 1 aliphatic rings. The lowest BCUT2D eigenvalue weighted by molar-refractivity contribution is 0.0965. The average molecular weight is 263 g/mol. The molecule has 0 heterocycles. The van der Waals surface area contributed by atoms with Gasteiger partial charge in [0.2, 0.25) is 0 Å². The van der Waals surface area contributed by atoms with E-state index in [1.165, 1.54) is 18.4 Å². The summed E-state index contributed by atoms with van der Waals surface area (Å²) < 4.78 is 5.32. The number of benzene rings is 1. The predicted molar refractivity (Wildman–Crippen MR) is 77.1 cm³/mol. The standard InChI is InChI=1S/C16H25NO2/c1-19-12-15(13-8-4-2-5-9-13)17-14-10-6-3-7-11-16(14)18/h2,4-5,8-9,14-18H,3,6-7,10-12H2,1H3. The molecule has 0 bridgehead atoms. The smallest absolute Gasteiger partial charge is 0.0693 e. The van der Waals surface area contributed by atoms with E-state index in [0.717, 1.165) is 19.3 Å². The highest BCUT2D eigenvalue weighted by atomic mass is 16.5. The van der Waals surface area contributed by atoms with E-state index in [1.807, 2.05) is 18.2 Å². The molecule has 1 aromatic rings. The van der Waals surface area contributed by atoms with Crippen LogP contribution in [0.4, 0.5) is 0 Å². The van der Waals surface area contributed by atoms with Crippen LogP contribution in [0.3, 0.4) is 0 Å². The normalized spacial score (nSPS) is 25.8. The Labute approximate surface area is 116 Å². The van der Waals surface area contributed by atoms with Crippen LogP contribution in [-0.4, -0.2) is 31.0 Å². The molecule has 0 saturated heterocycles. The molecule has 19 heavy (non-hydrogen) atoms. The second-order valence-electron chi connectivity index (χ2n) is 5.40. The number of hydrogen-bond acceptors (Lipinski definition) is 3. The zero-order valence-electron chi connectivity index (χ0n) is 11.7. The van der Waals surface area contributed by atoms with Gasteiger partial charge in [-0.1, -0.05) is 49.6 Å². The zero-order chi connectivity index (χ0) is 13.5. The molecule has 3 atom stereocenters. The van der Waals surface area contributed by atoms with Gasteiger partial charge in [0.05, 0.1) is 18.8 Å². The Morgan fingerprint density at radius 1 is 1.21 bits per heavy atom. The largest absolute Gasteiger partial charge is 0.392 e. The molecule has 0 aromatic heterocycles. The maximum Gasteiger partial charge on any atom is 0.0693 e. The number of hydrogen-bond donors (Lipinski definition) is 2. The first-order chi connectivity index (χ1) is 9.31. The molecule has 0 radical (unpaired) electrons. The second kappa shape index (κ2) is 7.63. The van der Waals surface area contributed by atoms with Crippen LogP contribution in [0.2, 0.25) is 0 Å². The van der Waals surface area contributed by atoms with Crippen LogP contribution in [0.15, 0.2) is 30.3 Å². The Bertz CT molecular complexity index is 355. The summed E-state index contributed by atoms with van der Waals surface area (Å²) in [5.74, 6) is 0. The van der Waals surface area contributed by atoms with Crippen molar-refractivity contribution in [3.05, 3.63) is 35.9 Å². The summed E-state index contributed by atoms with van der Waals surface area (Å²) in [6.07, 6.45) is 5.30. The van der Waals surface area contributed by atoms with Crippen LogP contribution in [0.1, 0.15) is 43.7 Å². The highest BCUT2D eigenvalue weighted by molar-refractivity contribution is 5.19. The van der Waals surface area contributed by atoms with Crippen molar-refractivity contribution in [2.45, 2.75) is 50.3 Å². The van der Waals surface area contributed by atoms with Crippen molar-refractivity contribution in [2.24, 2.45) is 0 Å². The molecular formula is C16H25NO2. The van der Waals surface area contributed by atoms with E-state index in [2.05, 4.69) is 17.4 Å². The maximum atomic E-state index is 10.2. The van der Waals surface area contributed by atoms with Gasteiger partial charge in [-0.2, -0.15) is 0 Å². The van der Waals surface area contributed by atoms with Gasteiger partial charge in [-0.05, 0) is 18.4 Å². The van der Waals surface area contributed by atoms with E-state index in [4.69, 9.17) is 4.74 Å². The van der Waals surface area contributed by atoms with E-state index in [9.17, 15) is 5.11 Å². The number of nitrogens with one attached hydrogen (secondary N) is 1. The third-order valence-electron chi connectivity index (χ3n) is 3.93. The van der Waals surface area contributed by atoms with Crippen molar-refractivity contribution in [3.63, 3.8) is 0 Å². The summed E-state index contributed by atoms with van der Waals surface area (Å²) >= 11 is 0. The third-order valence-corrected chi connectivity index (χ3v) is 3.93. The fourth-order valence-corrected chi connectivity index (χ4v) is 2.83. The molecule has 1 saturated carbocycles.